The predicted octanol–water partition coefficient (Wildman–Crippen LogP) is 4.23. The molecule has 3 aromatic rings. The Morgan fingerprint density at radius 2 is 1.89 bits per heavy atom. The van der Waals surface area contributed by atoms with Gasteiger partial charge in [0.05, 0.1) is 17.4 Å². The minimum Gasteiger partial charge on any atom is -0.489 e. The molecule has 0 atom stereocenters. The Morgan fingerprint density at radius 1 is 1.15 bits per heavy atom. The predicted molar refractivity (Wildman–Crippen MR) is 98.8 cm³/mol. The van der Waals surface area contributed by atoms with Crippen LogP contribution in [0.1, 0.15) is 26.2 Å². The molecule has 0 aliphatic carbocycles. The average Bonchev–Trinajstić information content (AvgIpc) is 3.10. The molecule has 0 bridgehead atoms. The molecule has 0 saturated carbocycles. The highest BCUT2D eigenvalue weighted by Crippen LogP contribution is 2.25. The molecule has 7 heteroatoms. The van der Waals surface area contributed by atoms with E-state index in [0.29, 0.717) is 11.4 Å². The summed E-state index contributed by atoms with van der Waals surface area (Å²) in [4.78, 5) is 12.2. The van der Waals surface area contributed by atoms with Crippen LogP contribution >= 0.6 is 0 Å². The summed E-state index contributed by atoms with van der Waals surface area (Å²) in [5.41, 5.74) is 0.842. The number of anilines is 1. The van der Waals surface area contributed by atoms with Crippen molar-refractivity contribution in [3.63, 3.8) is 0 Å². The van der Waals surface area contributed by atoms with E-state index >= 15 is 0 Å². The van der Waals surface area contributed by atoms with Crippen LogP contribution in [-0.4, -0.2) is 22.2 Å². The van der Waals surface area contributed by atoms with Crippen LogP contribution in [0.5, 0.6) is 5.75 Å². The van der Waals surface area contributed by atoms with Gasteiger partial charge < -0.3 is 14.5 Å². The minimum absolute atomic E-state index is 0.00162. The molecule has 0 aliphatic heterocycles. The number of aryl methyl sites for hydroxylation is 1. The summed E-state index contributed by atoms with van der Waals surface area (Å²) in [6.07, 6.45) is 0.397. The lowest BCUT2D eigenvalue weighted by atomic mass is 10.2. The van der Waals surface area contributed by atoms with Crippen molar-refractivity contribution in [3.8, 4) is 17.2 Å². The standard InChI is InChI=1S/C20H20FN3O3/c1-13(2)26-17-10-6-5-9-16(17)22-18(25)11-12-19-23-24-20(27-19)14-7-3-4-8-15(14)21/h3-10,13H,11-12H2,1-2H3,(H,22,25). The van der Waals surface area contributed by atoms with Gasteiger partial charge in [0.15, 0.2) is 0 Å². The molecule has 0 spiro atoms. The lowest BCUT2D eigenvalue weighted by molar-refractivity contribution is -0.116. The van der Waals surface area contributed by atoms with Crippen molar-refractivity contribution in [2.45, 2.75) is 32.8 Å². The molecule has 0 aliphatic rings. The zero-order valence-corrected chi connectivity index (χ0v) is 15.1. The molecular formula is C20H20FN3O3. The maximum Gasteiger partial charge on any atom is 0.250 e. The number of nitrogens with one attached hydrogen (secondary N) is 1. The Balaban J connectivity index is 1.60. The lowest BCUT2D eigenvalue weighted by Gasteiger charge is -2.14. The highest BCUT2D eigenvalue weighted by Gasteiger charge is 2.14. The molecule has 1 N–H and O–H groups in total. The number of hydrogen-bond acceptors (Lipinski definition) is 5. The number of benzene rings is 2. The molecule has 3 rings (SSSR count). The second kappa shape index (κ2) is 8.44. The number of carbonyl (C=O) groups is 1. The first-order valence-electron chi connectivity index (χ1n) is 8.65. The number of para-hydroxylation sites is 2. The Morgan fingerprint density at radius 3 is 2.67 bits per heavy atom. The van der Waals surface area contributed by atoms with Crippen LogP contribution < -0.4 is 10.1 Å². The molecular weight excluding hydrogens is 349 g/mol. The largest absolute Gasteiger partial charge is 0.489 e. The van der Waals surface area contributed by atoms with Gasteiger partial charge in [-0.25, -0.2) is 4.39 Å². The van der Waals surface area contributed by atoms with E-state index in [0.717, 1.165) is 0 Å². The number of ether oxygens (including phenoxy) is 1. The summed E-state index contributed by atoms with van der Waals surface area (Å²) >= 11 is 0. The van der Waals surface area contributed by atoms with Gasteiger partial charge in [-0.2, -0.15) is 0 Å². The fraction of sp³-hybridized carbons (Fsp3) is 0.250. The van der Waals surface area contributed by atoms with Gasteiger partial charge in [0.25, 0.3) is 5.89 Å². The third kappa shape index (κ3) is 4.91. The fourth-order valence-corrected chi connectivity index (χ4v) is 2.46. The number of amides is 1. The number of rotatable bonds is 7. The average molecular weight is 369 g/mol. The van der Waals surface area contributed by atoms with E-state index in [4.69, 9.17) is 9.15 Å². The van der Waals surface area contributed by atoms with Crippen LogP contribution in [0.2, 0.25) is 0 Å². The van der Waals surface area contributed by atoms with Crippen LogP contribution in [0, 0.1) is 5.82 Å². The van der Waals surface area contributed by atoms with Crippen molar-refractivity contribution in [2.75, 3.05) is 5.32 Å². The van der Waals surface area contributed by atoms with Crippen LogP contribution in [0.25, 0.3) is 11.5 Å². The Labute approximate surface area is 156 Å². The molecule has 0 saturated heterocycles. The summed E-state index contributed by atoms with van der Waals surface area (Å²) in [5, 5.41) is 10.5. The summed E-state index contributed by atoms with van der Waals surface area (Å²) in [7, 11) is 0. The maximum atomic E-state index is 13.8. The van der Waals surface area contributed by atoms with Crippen molar-refractivity contribution in [3.05, 3.63) is 60.2 Å². The van der Waals surface area contributed by atoms with Gasteiger partial charge in [0.2, 0.25) is 11.8 Å². The van der Waals surface area contributed by atoms with Crippen molar-refractivity contribution in [1.29, 1.82) is 0 Å². The first kappa shape index (κ1) is 18.6. The summed E-state index contributed by atoms with van der Waals surface area (Å²) in [5.74, 6) is 0.336. The smallest absolute Gasteiger partial charge is 0.250 e. The molecule has 1 aromatic heterocycles. The van der Waals surface area contributed by atoms with Gasteiger partial charge in [0, 0.05) is 12.8 Å². The van der Waals surface area contributed by atoms with Gasteiger partial charge in [-0.1, -0.05) is 24.3 Å². The molecule has 1 amide bonds. The van der Waals surface area contributed by atoms with Crippen molar-refractivity contribution in [1.82, 2.24) is 10.2 Å². The molecule has 6 nitrogen and oxygen atoms in total. The first-order chi connectivity index (χ1) is 13.0. The third-order valence-electron chi connectivity index (χ3n) is 3.66. The monoisotopic (exact) mass is 369 g/mol. The highest BCUT2D eigenvalue weighted by molar-refractivity contribution is 5.92. The summed E-state index contributed by atoms with van der Waals surface area (Å²) in [6.45, 7) is 3.84. The zero-order chi connectivity index (χ0) is 19.2. The van der Waals surface area contributed by atoms with Crippen LogP contribution in [-0.2, 0) is 11.2 Å². The zero-order valence-electron chi connectivity index (χ0n) is 15.1. The number of halogens is 1. The molecule has 0 unspecified atom stereocenters. The first-order valence-corrected chi connectivity index (χ1v) is 8.65. The Hall–Kier alpha value is -3.22. The van der Waals surface area contributed by atoms with E-state index in [1.54, 1.807) is 30.3 Å². The topological polar surface area (TPSA) is 77.2 Å². The highest BCUT2D eigenvalue weighted by atomic mass is 19.1. The van der Waals surface area contributed by atoms with Crippen molar-refractivity contribution < 1.29 is 18.3 Å². The van der Waals surface area contributed by atoms with E-state index in [1.165, 1.54) is 6.07 Å². The molecule has 2 aromatic carbocycles. The van der Waals surface area contributed by atoms with Gasteiger partial charge in [-0.3, -0.25) is 4.79 Å². The van der Waals surface area contributed by atoms with Gasteiger partial charge in [0.1, 0.15) is 11.6 Å². The normalized spacial score (nSPS) is 10.8. The van der Waals surface area contributed by atoms with E-state index in [2.05, 4.69) is 15.5 Å². The van der Waals surface area contributed by atoms with Crippen LogP contribution in [0.15, 0.2) is 52.9 Å². The summed E-state index contributed by atoms with van der Waals surface area (Å²) in [6, 6.07) is 13.4. The van der Waals surface area contributed by atoms with E-state index in [-0.39, 0.29) is 42.2 Å². The molecule has 1 heterocycles. The SMILES string of the molecule is CC(C)Oc1ccccc1NC(=O)CCc1nnc(-c2ccccc2F)o1. The number of carbonyl (C=O) groups excluding carboxylic acids is 1. The van der Waals surface area contributed by atoms with Crippen LogP contribution in [0.3, 0.4) is 0 Å². The fourth-order valence-electron chi connectivity index (χ4n) is 2.46. The molecule has 0 radical (unpaired) electrons. The second-order valence-electron chi connectivity index (χ2n) is 6.19. The molecule has 0 fully saturated rings. The maximum absolute atomic E-state index is 13.8. The Kier molecular flexibility index (Phi) is 5.80. The van der Waals surface area contributed by atoms with Crippen molar-refractivity contribution >= 4 is 11.6 Å². The molecule has 27 heavy (non-hydrogen) atoms. The second-order valence-corrected chi connectivity index (χ2v) is 6.19. The van der Waals surface area contributed by atoms with E-state index in [1.807, 2.05) is 26.0 Å². The number of nitrogens with zero attached hydrogens (tertiary/aromatic N) is 2. The minimum atomic E-state index is -0.438. The third-order valence-corrected chi connectivity index (χ3v) is 3.66. The quantitative estimate of drug-likeness (QED) is 0.674. The van der Waals surface area contributed by atoms with Gasteiger partial charge >= 0.3 is 0 Å². The van der Waals surface area contributed by atoms with E-state index in [9.17, 15) is 9.18 Å². The Bertz CT molecular complexity index is 924. The molecule has 140 valence electrons. The van der Waals surface area contributed by atoms with Crippen molar-refractivity contribution in [2.24, 2.45) is 0 Å². The lowest BCUT2D eigenvalue weighted by Crippen LogP contribution is -2.14. The van der Waals surface area contributed by atoms with E-state index < -0.39 is 5.82 Å². The summed E-state index contributed by atoms with van der Waals surface area (Å²) < 4.78 is 24.9. The van der Waals surface area contributed by atoms with Gasteiger partial charge in [-0.05, 0) is 38.1 Å². The van der Waals surface area contributed by atoms with Crippen LogP contribution in [0.4, 0.5) is 10.1 Å². The number of hydrogen-bond donors (Lipinski definition) is 1. The van der Waals surface area contributed by atoms with Gasteiger partial charge in [-0.15, -0.1) is 10.2 Å². The number of aromatic nitrogens is 2.